The summed E-state index contributed by atoms with van der Waals surface area (Å²) in [4.78, 5) is 30.8. The molecule has 0 aliphatic heterocycles. The first kappa shape index (κ1) is 23.7. The first-order valence-electron chi connectivity index (χ1n) is 11.1. The first-order valence-corrected chi connectivity index (χ1v) is 12.1. The lowest BCUT2D eigenvalue weighted by Gasteiger charge is -2.13. The van der Waals surface area contributed by atoms with Crippen LogP contribution < -0.4 is 10.9 Å². The zero-order valence-electron chi connectivity index (χ0n) is 19.3. The maximum absolute atomic E-state index is 13.5. The average molecular weight is 480 g/mol. The molecule has 0 atom stereocenters. The second kappa shape index (κ2) is 10.2. The highest BCUT2D eigenvalue weighted by Crippen LogP contribution is 2.21. The third-order valence-electron chi connectivity index (χ3n) is 5.51. The van der Waals surface area contributed by atoms with Gasteiger partial charge in [0.05, 0.1) is 18.0 Å². The molecular formula is C25H26FN5O2S. The Morgan fingerprint density at radius 3 is 2.38 bits per heavy atom. The number of nitrogens with zero attached hydrogens (tertiary/aromatic N) is 4. The van der Waals surface area contributed by atoms with Crippen molar-refractivity contribution in [2.24, 2.45) is 0 Å². The lowest BCUT2D eigenvalue weighted by atomic mass is 10.1. The van der Waals surface area contributed by atoms with Gasteiger partial charge < -0.3 is 5.32 Å². The fourth-order valence-corrected chi connectivity index (χ4v) is 4.48. The van der Waals surface area contributed by atoms with Gasteiger partial charge in [0, 0.05) is 12.2 Å². The molecule has 1 N–H and O–H groups in total. The number of carbonyl (C=O) groups excluding carboxylic acids is 1. The van der Waals surface area contributed by atoms with Gasteiger partial charge >= 0.3 is 0 Å². The number of anilines is 1. The number of rotatable bonds is 8. The Morgan fingerprint density at radius 2 is 1.74 bits per heavy atom. The third kappa shape index (κ3) is 5.04. The zero-order valence-corrected chi connectivity index (χ0v) is 20.2. The summed E-state index contributed by atoms with van der Waals surface area (Å²) >= 11 is 1.19. The molecule has 4 aromatic rings. The summed E-state index contributed by atoms with van der Waals surface area (Å²) in [6.07, 6.45) is 0.928. The number of thioether (sulfide) groups is 1. The Balaban J connectivity index is 1.64. The Kier molecular flexibility index (Phi) is 7.12. The molecule has 4 rings (SSSR count). The number of hydrogen-bond donors (Lipinski definition) is 1. The van der Waals surface area contributed by atoms with Crippen LogP contribution in [-0.2, 0) is 24.3 Å². The van der Waals surface area contributed by atoms with Crippen molar-refractivity contribution in [2.45, 2.75) is 45.4 Å². The van der Waals surface area contributed by atoms with E-state index in [1.54, 1.807) is 16.8 Å². The molecular weight excluding hydrogens is 453 g/mol. The summed E-state index contributed by atoms with van der Waals surface area (Å²) < 4.78 is 16.5. The smallest absolute Gasteiger partial charge is 0.280 e. The van der Waals surface area contributed by atoms with E-state index < -0.39 is 0 Å². The van der Waals surface area contributed by atoms with Crippen LogP contribution in [0.3, 0.4) is 0 Å². The van der Waals surface area contributed by atoms with Gasteiger partial charge in [-0.2, -0.15) is 5.10 Å². The van der Waals surface area contributed by atoms with E-state index in [-0.39, 0.29) is 29.6 Å². The number of halogens is 1. The van der Waals surface area contributed by atoms with Crippen LogP contribution in [0.1, 0.15) is 30.7 Å². The zero-order chi connectivity index (χ0) is 24.2. The number of aromatic nitrogens is 4. The van der Waals surface area contributed by atoms with Gasteiger partial charge in [-0.3, -0.25) is 18.8 Å². The summed E-state index contributed by atoms with van der Waals surface area (Å²) in [5.41, 5.74) is 4.03. The molecule has 0 saturated carbocycles. The molecule has 34 heavy (non-hydrogen) atoms. The Labute approximate surface area is 201 Å². The number of aryl methyl sites for hydroxylation is 3. The lowest BCUT2D eigenvalue weighted by Crippen LogP contribution is -2.26. The van der Waals surface area contributed by atoms with Gasteiger partial charge in [0.25, 0.3) is 5.56 Å². The number of amides is 1. The minimum absolute atomic E-state index is 0.0812. The SMILES string of the molecule is CCc1ccc(NC(=O)CSc2nc3c(C)nn(CC)c3c(=O)n2Cc2ccc(F)cc2)cc1. The van der Waals surface area contributed by atoms with Gasteiger partial charge in [0.1, 0.15) is 11.3 Å². The van der Waals surface area contributed by atoms with E-state index in [0.29, 0.717) is 28.4 Å². The predicted octanol–water partition coefficient (Wildman–Crippen LogP) is 4.40. The van der Waals surface area contributed by atoms with Gasteiger partial charge in [0.2, 0.25) is 5.91 Å². The molecule has 0 radical (unpaired) electrons. The van der Waals surface area contributed by atoms with Crippen LogP contribution in [0, 0.1) is 12.7 Å². The standard InChI is InChI=1S/C25H26FN5O2S/c1-4-17-8-12-20(13-9-17)27-21(32)15-34-25-28-22-16(3)29-31(5-2)23(22)24(33)30(25)14-18-6-10-19(26)11-7-18/h6-13H,4-5,14-15H2,1-3H3,(H,27,32). The van der Waals surface area contributed by atoms with Crippen molar-refractivity contribution in [2.75, 3.05) is 11.1 Å². The predicted molar refractivity (Wildman–Crippen MR) is 133 cm³/mol. The Bertz CT molecular complexity index is 1380. The van der Waals surface area contributed by atoms with Crippen molar-refractivity contribution in [3.63, 3.8) is 0 Å². The number of carbonyl (C=O) groups is 1. The number of hydrogen-bond acceptors (Lipinski definition) is 5. The highest BCUT2D eigenvalue weighted by Gasteiger charge is 2.19. The molecule has 7 nitrogen and oxygen atoms in total. The van der Waals surface area contributed by atoms with Crippen LogP contribution in [0.4, 0.5) is 10.1 Å². The van der Waals surface area contributed by atoms with Crippen LogP contribution in [0.25, 0.3) is 11.0 Å². The van der Waals surface area contributed by atoms with Crippen LogP contribution in [0.2, 0.25) is 0 Å². The van der Waals surface area contributed by atoms with Crippen molar-refractivity contribution in [1.29, 1.82) is 0 Å². The summed E-state index contributed by atoms with van der Waals surface area (Å²) in [7, 11) is 0. The number of fused-ring (bicyclic) bond motifs is 1. The van der Waals surface area contributed by atoms with E-state index in [1.807, 2.05) is 38.1 Å². The molecule has 2 aromatic carbocycles. The molecule has 9 heteroatoms. The maximum Gasteiger partial charge on any atom is 0.280 e. The molecule has 0 bridgehead atoms. The fraction of sp³-hybridized carbons (Fsp3) is 0.280. The van der Waals surface area contributed by atoms with Crippen LogP contribution >= 0.6 is 11.8 Å². The molecule has 2 aromatic heterocycles. The quantitative estimate of drug-likeness (QED) is 0.299. The van der Waals surface area contributed by atoms with Crippen molar-refractivity contribution in [1.82, 2.24) is 19.3 Å². The topological polar surface area (TPSA) is 81.8 Å². The summed E-state index contributed by atoms with van der Waals surface area (Å²) in [6.45, 7) is 6.54. The maximum atomic E-state index is 13.5. The van der Waals surface area contributed by atoms with E-state index in [4.69, 9.17) is 4.98 Å². The first-order chi connectivity index (χ1) is 16.4. The molecule has 0 aliphatic rings. The Morgan fingerprint density at radius 1 is 1.06 bits per heavy atom. The monoisotopic (exact) mass is 479 g/mol. The molecule has 0 aliphatic carbocycles. The minimum atomic E-state index is -0.345. The molecule has 0 fully saturated rings. The third-order valence-corrected chi connectivity index (χ3v) is 6.49. The number of benzene rings is 2. The van der Waals surface area contributed by atoms with E-state index in [2.05, 4.69) is 17.3 Å². The van der Waals surface area contributed by atoms with Crippen LogP contribution in [0.15, 0.2) is 58.5 Å². The molecule has 0 saturated heterocycles. The summed E-state index contributed by atoms with van der Waals surface area (Å²) in [5, 5.41) is 7.73. The molecule has 2 heterocycles. The van der Waals surface area contributed by atoms with Crippen molar-refractivity contribution in [3.05, 3.63) is 81.5 Å². The molecule has 0 spiro atoms. The number of nitrogens with one attached hydrogen (secondary N) is 1. The van der Waals surface area contributed by atoms with Gasteiger partial charge in [0.15, 0.2) is 10.7 Å². The van der Waals surface area contributed by atoms with Gasteiger partial charge in [-0.25, -0.2) is 9.37 Å². The van der Waals surface area contributed by atoms with Crippen molar-refractivity contribution < 1.29 is 9.18 Å². The lowest BCUT2D eigenvalue weighted by molar-refractivity contribution is -0.113. The Hall–Kier alpha value is -3.46. The van der Waals surface area contributed by atoms with E-state index in [0.717, 1.165) is 17.7 Å². The van der Waals surface area contributed by atoms with Crippen LogP contribution in [0.5, 0.6) is 0 Å². The highest BCUT2D eigenvalue weighted by atomic mass is 32.2. The normalized spacial score (nSPS) is 11.2. The van der Waals surface area contributed by atoms with Gasteiger partial charge in [-0.05, 0) is 55.7 Å². The van der Waals surface area contributed by atoms with Crippen molar-refractivity contribution >= 4 is 34.4 Å². The van der Waals surface area contributed by atoms with Gasteiger partial charge in [-0.15, -0.1) is 0 Å². The molecule has 1 amide bonds. The highest BCUT2D eigenvalue weighted by molar-refractivity contribution is 7.99. The molecule has 176 valence electrons. The van der Waals surface area contributed by atoms with Gasteiger partial charge in [-0.1, -0.05) is 43.0 Å². The van der Waals surface area contributed by atoms with Crippen LogP contribution in [-0.4, -0.2) is 31.0 Å². The van der Waals surface area contributed by atoms with Crippen molar-refractivity contribution in [3.8, 4) is 0 Å². The average Bonchev–Trinajstić information content (AvgIpc) is 3.17. The minimum Gasteiger partial charge on any atom is -0.325 e. The second-order valence-corrected chi connectivity index (χ2v) is 8.84. The summed E-state index contributed by atoms with van der Waals surface area (Å²) in [5.74, 6) is -0.460. The largest absolute Gasteiger partial charge is 0.325 e. The second-order valence-electron chi connectivity index (χ2n) is 7.90. The van der Waals surface area contributed by atoms with E-state index >= 15 is 0 Å². The summed E-state index contributed by atoms with van der Waals surface area (Å²) in [6, 6.07) is 13.7. The molecule has 0 unspecified atom stereocenters. The van der Waals surface area contributed by atoms with E-state index in [9.17, 15) is 14.0 Å². The fourth-order valence-electron chi connectivity index (χ4n) is 3.69. The van der Waals surface area contributed by atoms with E-state index in [1.165, 1.54) is 34.0 Å².